The molecule has 2 rings (SSSR count). The molecule has 0 radical (unpaired) electrons. The molecular weight excluding hydrogens is 214 g/mol. The van der Waals surface area contributed by atoms with Crippen molar-refractivity contribution >= 4 is 5.91 Å². The van der Waals surface area contributed by atoms with E-state index in [-0.39, 0.29) is 6.04 Å². The molecule has 96 valence electrons. The van der Waals surface area contributed by atoms with Crippen LogP contribution in [0.4, 0.5) is 0 Å². The molecule has 2 aliphatic rings. The van der Waals surface area contributed by atoms with Crippen LogP contribution in [0, 0.1) is 0 Å². The Kier molecular flexibility index (Phi) is 4.18. The van der Waals surface area contributed by atoms with Crippen LogP contribution in [0.25, 0.3) is 0 Å². The molecule has 0 bridgehead atoms. The fourth-order valence-electron chi connectivity index (χ4n) is 2.59. The van der Waals surface area contributed by atoms with Gasteiger partial charge < -0.3 is 10.2 Å². The highest BCUT2D eigenvalue weighted by Gasteiger charge is 2.27. The first kappa shape index (κ1) is 12.6. The summed E-state index contributed by atoms with van der Waals surface area (Å²) in [5.74, 6) is 0.291. The van der Waals surface area contributed by atoms with Crippen LogP contribution in [0.15, 0.2) is 11.6 Å². The third kappa shape index (κ3) is 3.07. The Labute approximate surface area is 104 Å². The van der Waals surface area contributed by atoms with Crippen LogP contribution < -0.4 is 5.32 Å². The fourth-order valence-corrected chi connectivity index (χ4v) is 2.59. The van der Waals surface area contributed by atoms with Gasteiger partial charge in [0.05, 0.1) is 6.04 Å². The molecule has 2 heterocycles. The summed E-state index contributed by atoms with van der Waals surface area (Å²) in [4.78, 5) is 16.7. The zero-order valence-electron chi connectivity index (χ0n) is 10.9. The van der Waals surface area contributed by atoms with E-state index in [2.05, 4.69) is 23.2 Å². The van der Waals surface area contributed by atoms with Gasteiger partial charge in [0.1, 0.15) is 0 Å². The van der Waals surface area contributed by atoms with Gasteiger partial charge in [-0.3, -0.25) is 9.69 Å². The third-order valence-electron chi connectivity index (χ3n) is 3.70. The van der Waals surface area contributed by atoms with Crippen LogP contribution in [0.1, 0.15) is 20.3 Å². The van der Waals surface area contributed by atoms with Crippen molar-refractivity contribution in [3.05, 3.63) is 11.6 Å². The van der Waals surface area contributed by atoms with E-state index in [1.807, 2.05) is 11.8 Å². The molecule has 1 N–H and O–H groups in total. The van der Waals surface area contributed by atoms with Crippen molar-refractivity contribution in [1.29, 1.82) is 0 Å². The van der Waals surface area contributed by atoms with Gasteiger partial charge in [0, 0.05) is 39.3 Å². The molecule has 0 aromatic rings. The van der Waals surface area contributed by atoms with Gasteiger partial charge >= 0.3 is 0 Å². The SMILES string of the molecule is CC1=CCCN(C(=O)C(C)N2CCNCC2)C1. The molecule has 1 atom stereocenters. The van der Waals surface area contributed by atoms with Gasteiger partial charge in [0.25, 0.3) is 0 Å². The minimum Gasteiger partial charge on any atom is -0.337 e. The van der Waals surface area contributed by atoms with Crippen molar-refractivity contribution in [2.75, 3.05) is 39.3 Å². The monoisotopic (exact) mass is 237 g/mol. The van der Waals surface area contributed by atoms with Gasteiger partial charge in [0.15, 0.2) is 0 Å². The standard InChI is InChI=1S/C13H23N3O/c1-11-4-3-7-16(10-11)13(17)12(2)15-8-5-14-6-9-15/h4,12,14H,3,5-10H2,1-2H3. The zero-order valence-corrected chi connectivity index (χ0v) is 10.9. The summed E-state index contributed by atoms with van der Waals surface area (Å²) in [6, 6.07) is 0.0306. The molecular formula is C13H23N3O. The van der Waals surface area contributed by atoms with Gasteiger partial charge in [0.2, 0.25) is 5.91 Å². The molecule has 4 heteroatoms. The number of amides is 1. The molecule has 0 spiro atoms. The Morgan fingerprint density at radius 1 is 1.35 bits per heavy atom. The van der Waals surface area contributed by atoms with Crippen molar-refractivity contribution in [2.24, 2.45) is 0 Å². The van der Waals surface area contributed by atoms with Crippen molar-refractivity contribution in [2.45, 2.75) is 26.3 Å². The zero-order chi connectivity index (χ0) is 12.3. The first-order valence-corrected chi connectivity index (χ1v) is 6.57. The van der Waals surface area contributed by atoms with Crippen molar-refractivity contribution < 1.29 is 4.79 Å². The summed E-state index contributed by atoms with van der Waals surface area (Å²) >= 11 is 0. The Bertz CT molecular complexity index is 308. The van der Waals surface area contributed by atoms with E-state index in [0.29, 0.717) is 5.91 Å². The Hall–Kier alpha value is -0.870. The molecule has 17 heavy (non-hydrogen) atoms. The van der Waals surface area contributed by atoms with Gasteiger partial charge in [-0.15, -0.1) is 0 Å². The predicted octanol–water partition coefficient (Wildman–Crippen LogP) is 0.459. The van der Waals surface area contributed by atoms with Crippen LogP contribution in [0.2, 0.25) is 0 Å². The maximum absolute atomic E-state index is 12.4. The third-order valence-corrected chi connectivity index (χ3v) is 3.70. The molecule has 0 saturated carbocycles. The lowest BCUT2D eigenvalue weighted by Crippen LogP contribution is -2.54. The van der Waals surface area contributed by atoms with E-state index in [0.717, 1.165) is 45.7 Å². The lowest BCUT2D eigenvalue weighted by atomic mass is 10.1. The first-order valence-electron chi connectivity index (χ1n) is 6.57. The Balaban J connectivity index is 1.92. The largest absolute Gasteiger partial charge is 0.337 e. The Morgan fingerprint density at radius 3 is 2.71 bits per heavy atom. The summed E-state index contributed by atoms with van der Waals surface area (Å²) in [6.07, 6.45) is 3.24. The highest BCUT2D eigenvalue weighted by atomic mass is 16.2. The quantitative estimate of drug-likeness (QED) is 0.709. The molecule has 4 nitrogen and oxygen atoms in total. The van der Waals surface area contributed by atoms with E-state index in [9.17, 15) is 4.79 Å². The highest BCUT2D eigenvalue weighted by Crippen LogP contribution is 2.12. The second-order valence-corrected chi connectivity index (χ2v) is 5.06. The molecule has 0 aromatic heterocycles. The molecule has 1 unspecified atom stereocenters. The molecule has 1 saturated heterocycles. The normalized spacial score (nSPS) is 24.4. The Morgan fingerprint density at radius 2 is 2.06 bits per heavy atom. The average Bonchev–Trinajstić information content (AvgIpc) is 2.38. The van der Waals surface area contributed by atoms with Gasteiger partial charge in [-0.2, -0.15) is 0 Å². The minimum atomic E-state index is 0.0306. The number of nitrogens with zero attached hydrogens (tertiary/aromatic N) is 2. The maximum Gasteiger partial charge on any atom is 0.239 e. The van der Waals surface area contributed by atoms with E-state index < -0.39 is 0 Å². The van der Waals surface area contributed by atoms with Crippen LogP contribution in [-0.4, -0.2) is 61.0 Å². The van der Waals surface area contributed by atoms with Crippen molar-refractivity contribution in [1.82, 2.24) is 15.1 Å². The summed E-state index contributed by atoms with van der Waals surface area (Å²) in [5.41, 5.74) is 1.32. The van der Waals surface area contributed by atoms with E-state index in [4.69, 9.17) is 0 Å². The van der Waals surface area contributed by atoms with Crippen LogP contribution >= 0.6 is 0 Å². The molecule has 0 aliphatic carbocycles. The number of carbonyl (C=O) groups is 1. The van der Waals surface area contributed by atoms with E-state index in [1.54, 1.807) is 0 Å². The summed E-state index contributed by atoms with van der Waals surface area (Å²) < 4.78 is 0. The van der Waals surface area contributed by atoms with Gasteiger partial charge in [-0.1, -0.05) is 11.6 Å². The van der Waals surface area contributed by atoms with Crippen LogP contribution in [0.3, 0.4) is 0 Å². The first-order chi connectivity index (χ1) is 8.18. The number of carbonyl (C=O) groups excluding carboxylic acids is 1. The highest BCUT2D eigenvalue weighted by molar-refractivity contribution is 5.82. The molecule has 0 aromatic carbocycles. The number of rotatable bonds is 2. The second kappa shape index (κ2) is 5.65. The fraction of sp³-hybridized carbons (Fsp3) is 0.769. The smallest absolute Gasteiger partial charge is 0.239 e. The van der Waals surface area contributed by atoms with Crippen LogP contribution in [0.5, 0.6) is 0 Å². The number of nitrogens with one attached hydrogen (secondary N) is 1. The lowest BCUT2D eigenvalue weighted by Gasteiger charge is -2.36. The molecule has 1 fully saturated rings. The van der Waals surface area contributed by atoms with Crippen molar-refractivity contribution in [3.8, 4) is 0 Å². The second-order valence-electron chi connectivity index (χ2n) is 5.06. The van der Waals surface area contributed by atoms with Crippen molar-refractivity contribution in [3.63, 3.8) is 0 Å². The maximum atomic E-state index is 12.4. The predicted molar refractivity (Wildman–Crippen MR) is 68.9 cm³/mol. The topological polar surface area (TPSA) is 35.6 Å². The number of hydrogen-bond donors (Lipinski definition) is 1. The van der Waals surface area contributed by atoms with E-state index >= 15 is 0 Å². The van der Waals surface area contributed by atoms with Crippen LogP contribution in [-0.2, 0) is 4.79 Å². The average molecular weight is 237 g/mol. The molecule has 1 amide bonds. The number of piperazine rings is 1. The number of hydrogen-bond acceptors (Lipinski definition) is 3. The van der Waals surface area contributed by atoms with Gasteiger partial charge in [-0.25, -0.2) is 0 Å². The lowest BCUT2D eigenvalue weighted by molar-refractivity contribution is -0.136. The van der Waals surface area contributed by atoms with Gasteiger partial charge in [-0.05, 0) is 20.3 Å². The van der Waals surface area contributed by atoms with E-state index in [1.165, 1.54) is 5.57 Å². The minimum absolute atomic E-state index is 0.0306. The molecule has 2 aliphatic heterocycles. The summed E-state index contributed by atoms with van der Waals surface area (Å²) in [6.45, 7) is 9.80. The summed E-state index contributed by atoms with van der Waals surface area (Å²) in [7, 11) is 0. The summed E-state index contributed by atoms with van der Waals surface area (Å²) in [5, 5.41) is 3.32.